The van der Waals surface area contributed by atoms with Crippen LogP contribution in [0.3, 0.4) is 0 Å². The zero-order chi connectivity index (χ0) is 33.0. The number of fused-ring (bicyclic) bond motifs is 1. The molecule has 1 atom stereocenters. The molecule has 0 aliphatic rings. The molecule has 1 aromatic carbocycles. The molecule has 45 heavy (non-hydrogen) atoms. The van der Waals surface area contributed by atoms with Gasteiger partial charge in [0, 0.05) is 30.8 Å². The topological polar surface area (TPSA) is 253 Å². The fraction of sp³-hybridized carbons (Fsp3) is 0.429. The molecule has 0 radical (unpaired) electrons. The summed E-state index contributed by atoms with van der Waals surface area (Å²) >= 11 is 0. The second-order valence-electron chi connectivity index (χ2n) is 10.7. The van der Waals surface area contributed by atoms with Gasteiger partial charge in [0.25, 0.3) is 11.5 Å². The zero-order valence-electron chi connectivity index (χ0n) is 25.1. The van der Waals surface area contributed by atoms with Crippen LogP contribution < -0.4 is 32.6 Å². The van der Waals surface area contributed by atoms with Crippen molar-refractivity contribution < 1.29 is 33.8 Å². The maximum absolute atomic E-state index is 12.7. The Morgan fingerprint density at radius 3 is 2.40 bits per heavy atom. The largest absolute Gasteiger partial charge is 0.480 e. The number of nitrogens with two attached hydrogens (primary N) is 1. The van der Waals surface area contributed by atoms with Gasteiger partial charge in [-0.2, -0.15) is 4.98 Å². The van der Waals surface area contributed by atoms with Gasteiger partial charge in [-0.05, 0) is 51.5 Å². The second kappa shape index (κ2) is 15.9. The first-order valence-electron chi connectivity index (χ1n) is 14.0. The van der Waals surface area contributed by atoms with E-state index in [-0.39, 0.29) is 68.4 Å². The Morgan fingerprint density at radius 2 is 1.73 bits per heavy atom. The number of H-pyrrole nitrogens is 1. The van der Waals surface area contributed by atoms with Gasteiger partial charge >= 0.3 is 12.1 Å². The molecule has 0 spiro atoms. The lowest BCUT2D eigenvalue weighted by molar-refractivity contribution is -0.139. The fourth-order valence-corrected chi connectivity index (χ4v) is 3.76. The average Bonchev–Trinajstić information content (AvgIpc) is 2.96. The average molecular weight is 628 g/mol. The highest BCUT2D eigenvalue weighted by molar-refractivity contribution is 5.97. The molecular formula is C28H37N9O8. The standard InChI is InChI=1S/C28H37N9O8/c1-28(2,3)45-27(43)31-11-13-44-12-10-30-20(38)9-8-19(25(41)42)35-23(39)16-4-6-17(7-5-16)32-14-18-15-33-22-21(34-18)24(40)37-26(29)36-22/h4-7,15,19,32H,8-14H2,1-3H3,(H,30,38)(H,31,43)(H,35,39)(H,41,42)(H3,29,33,36,37,40)/t19-/m0/s1. The predicted octanol–water partition coefficient (Wildman–Crippen LogP) is 0.528. The second-order valence-corrected chi connectivity index (χ2v) is 10.7. The summed E-state index contributed by atoms with van der Waals surface area (Å²) in [7, 11) is 0. The van der Waals surface area contributed by atoms with Crippen molar-refractivity contribution in [3.8, 4) is 0 Å². The van der Waals surface area contributed by atoms with E-state index >= 15 is 0 Å². The molecule has 3 aromatic rings. The van der Waals surface area contributed by atoms with Gasteiger partial charge in [-0.25, -0.2) is 19.6 Å². The van der Waals surface area contributed by atoms with Crippen LogP contribution in [-0.4, -0.2) is 86.9 Å². The molecule has 0 aliphatic heterocycles. The summed E-state index contributed by atoms with van der Waals surface area (Å²) in [6, 6.07) is 4.98. The Kier molecular flexibility index (Phi) is 12.1. The number of hydrogen-bond acceptors (Lipinski definition) is 12. The highest BCUT2D eigenvalue weighted by atomic mass is 16.6. The molecule has 0 bridgehead atoms. The number of carbonyl (C=O) groups excluding carboxylic acids is 3. The van der Waals surface area contributed by atoms with E-state index in [9.17, 15) is 29.1 Å². The van der Waals surface area contributed by atoms with Gasteiger partial charge in [-0.3, -0.25) is 19.4 Å². The lowest BCUT2D eigenvalue weighted by Crippen LogP contribution is -2.41. The molecule has 17 heteroatoms. The number of aliphatic carboxylic acids is 1. The molecule has 0 unspecified atom stereocenters. The van der Waals surface area contributed by atoms with Crippen LogP contribution in [0.2, 0.25) is 0 Å². The minimum Gasteiger partial charge on any atom is -0.480 e. The minimum absolute atomic E-state index is 0.0524. The number of benzene rings is 1. The van der Waals surface area contributed by atoms with Gasteiger partial charge in [0.2, 0.25) is 11.9 Å². The number of nitrogens with one attached hydrogen (secondary N) is 5. The van der Waals surface area contributed by atoms with Crippen molar-refractivity contribution in [3.05, 3.63) is 52.1 Å². The minimum atomic E-state index is -1.28. The number of carboxylic acid groups (broad SMARTS) is 1. The lowest BCUT2D eigenvalue weighted by atomic mass is 10.1. The van der Waals surface area contributed by atoms with Crippen LogP contribution in [-0.2, 0) is 25.6 Å². The van der Waals surface area contributed by atoms with Gasteiger partial charge in [0.15, 0.2) is 11.2 Å². The molecule has 242 valence electrons. The molecule has 0 saturated carbocycles. The number of nitrogen functional groups attached to an aromatic ring is 1. The number of aromatic amines is 1. The summed E-state index contributed by atoms with van der Waals surface area (Å²) in [5.41, 5.74) is 5.91. The predicted molar refractivity (Wildman–Crippen MR) is 162 cm³/mol. The van der Waals surface area contributed by atoms with Gasteiger partial charge < -0.3 is 41.6 Å². The van der Waals surface area contributed by atoms with Crippen LogP contribution in [0, 0.1) is 0 Å². The molecular weight excluding hydrogens is 590 g/mol. The van der Waals surface area contributed by atoms with Gasteiger partial charge in [0.05, 0.1) is 31.6 Å². The first-order chi connectivity index (χ1) is 21.3. The highest BCUT2D eigenvalue weighted by Gasteiger charge is 2.22. The van der Waals surface area contributed by atoms with E-state index in [0.29, 0.717) is 11.4 Å². The Labute approximate surface area is 257 Å². The number of nitrogens with zero attached hydrogens (tertiary/aromatic N) is 3. The van der Waals surface area contributed by atoms with E-state index in [0.717, 1.165) is 0 Å². The summed E-state index contributed by atoms with van der Waals surface area (Å²) in [5.74, 6) is -2.35. The number of anilines is 2. The molecule has 2 aromatic heterocycles. The third-order valence-electron chi connectivity index (χ3n) is 5.85. The van der Waals surface area contributed by atoms with Crippen molar-refractivity contribution in [1.29, 1.82) is 0 Å². The summed E-state index contributed by atoms with van der Waals surface area (Å²) in [6.45, 7) is 6.32. The number of carboxylic acids is 1. The van der Waals surface area contributed by atoms with Crippen LogP contribution in [0.4, 0.5) is 16.4 Å². The monoisotopic (exact) mass is 627 g/mol. The quantitative estimate of drug-likeness (QED) is 0.114. The number of rotatable bonds is 15. The summed E-state index contributed by atoms with van der Waals surface area (Å²) in [5, 5.41) is 20.2. The summed E-state index contributed by atoms with van der Waals surface area (Å²) in [6.07, 6.45) is 0.652. The first kappa shape index (κ1) is 34.2. The van der Waals surface area contributed by atoms with Crippen LogP contribution in [0.25, 0.3) is 11.2 Å². The highest BCUT2D eigenvalue weighted by Crippen LogP contribution is 2.12. The molecule has 0 aliphatic carbocycles. The number of carbonyl (C=O) groups is 4. The Hall–Kier alpha value is -5.32. The van der Waals surface area contributed by atoms with Crippen LogP contribution in [0.1, 0.15) is 49.7 Å². The van der Waals surface area contributed by atoms with Gasteiger partial charge in [-0.15, -0.1) is 0 Å². The molecule has 0 fully saturated rings. The van der Waals surface area contributed by atoms with E-state index in [1.165, 1.54) is 18.3 Å². The van der Waals surface area contributed by atoms with Gasteiger partial charge in [-0.1, -0.05) is 0 Å². The maximum Gasteiger partial charge on any atom is 0.407 e. The number of alkyl carbamates (subject to hydrolysis) is 1. The number of amides is 3. The number of aromatic nitrogens is 4. The van der Waals surface area contributed by atoms with Gasteiger partial charge in [0.1, 0.15) is 11.6 Å². The molecule has 8 N–H and O–H groups in total. The zero-order valence-corrected chi connectivity index (χ0v) is 25.1. The van der Waals surface area contributed by atoms with Crippen molar-refractivity contribution >= 4 is 46.7 Å². The van der Waals surface area contributed by atoms with E-state index in [2.05, 4.69) is 41.2 Å². The molecule has 3 rings (SSSR count). The molecule has 0 saturated heterocycles. The maximum atomic E-state index is 12.7. The van der Waals surface area contributed by atoms with E-state index in [1.807, 2.05) is 0 Å². The van der Waals surface area contributed by atoms with E-state index < -0.39 is 41.1 Å². The van der Waals surface area contributed by atoms with Crippen molar-refractivity contribution in [1.82, 2.24) is 35.9 Å². The fourth-order valence-electron chi connectivity index (χ4n) is 3.76. The summed E-state index contributed by atoms with van der Waals surface area (Å²) < 4.78 is 10.4. The smallest absolute Gasteiger partial charge is 0.407 e. The van der Waals surface area contributed by atoms with Crippen molar-refractivity contribution in [2.75, 3.05) is 37.4 Å². The third-order valence-corrected chi connectivity index (χ3v) is 5.85. The van der Waals surface area contributed by atoms with E-state index in [4.69, 9.17) is 15.2 Å². The number of hydrogen-bond donors (Lipinski definition) is 7. The van der Waals surface area contributed by atoms with E-state index in [1.54, 1.807) is 32.9 Å². The number of ether oxygens (including phenoxy) is 2. The van der Waals surface area contributed by atoms with Crippen LogP contribution >= 0.6 is 0 Å². The van der Waals surface area contributed by atoms with Crippen molar-refractivity contribution in [2.45, 2.75) is 51.8 Å². The third kappa shape index (κ3) is 11.7. The SMILES string of the molecule is CC(C)(C)OC(=O)NCCOCCNC(=O)CC[C@H](NC(=O)c1ccc(NCc2cnc3nc(N)[nH]c(=O)c3n2)cc1)C(=O)O. The normalized spacial score (nSPS) is 11.8. The Bertz CT molecular complexity index is 1550. The Balaban J connectivity index is 1.37. The summed E-state index contributed by atoms with van der Waals surface area (Å²) in [4.78, 5) is 74.7. The Morgan fingerprint density at radius 1 is 1.04 bits per heavy atom. The van der Waals surface area contributed by atoms with Crippen LogP contribution in [0.15, 0.2) is 35.3 Å². The lowest BCUT2D eigenvalue weighted by Gasteiger charge is -2.19. The van der Waals surface area contributed by atoms with Crippen LogP contribution in [0.5, 0.6) is 0 Å². The van der Waals surface area contributed by atoms with Crippen molar-refractivity contribution in [3.63, 3.8) is 0 Å². The van der Waals surface area contributed by atoms with Crippen molar-refractivity contribution in [2.24, 2.45) is 0 Å². The molecule has 3 amide bonds. The first-order valence-corrected chi connectivity index (χ1v) is 14.0. The molecule has 17 nitrogen and oxygen atoms in total. The molecule has 2 heterocycles.